The molecular formula is C16H30N4O. The van der Waals surface area contributed by atoms with Gasteiger partial charge in [-0.2, -0.15) is 0 Å². The van der Waals surface area contributed by atoms with Crippen LogP contribution in [0.4, 0.5) is 0 Å². The molecule has 0 amide bonds. The average Bonchev–Trinajstić information content (AvgIpc) is 2.93. The molecule has 0 aliphatic carbocycles. The van der Waals surface area contributed by atoms with E-state index in [-0.39, 0.29) is 0 Å². The number of nitrogens with one attached hydrogen (secondary N) is 2. The standard InChI is InChI=1S/C16H30N4O/c1-6-12(7-2)10-18-16(17-5)19-11-13-14(8-3)20-21-15(13)9-4/h12H,6-11H2,1-5H3,(H2,17,18,19). The van der Waals surface area contributed by atoms with Gasteiger partial charge in [0.15, 0.2) is 5.96 Å². The minimum absolute atomic E-state index is 0.691. The first-order valence-corrected chi connectivity index (χ1v) is 8.10. The van der Waals surface area contributed by atoms with Crippen molar-refractivity contribution in [3.8, 4) is 0 Å². The molecule has 5 heteroatoms. The van der Waals surface area contributed by atoms with Gasteiger partial charge in [0.25, 0.3) is 0 Å². The smallest absolute Gasteiger partial charge is 0.191 e. The van der Waals surface area contributed by atoms with Crippen LogP contribution < -0.4 is 10.6 Å². The molecule has 21 heavy (non-hydrogen) atoms. The van der Waals surface area contributed by atoms with Crippen molar-refractivity contribution in [3.05, 3.63) is 17.0 Å². The topological polar surface area (TPSA) is 62.5 Å². The Balaban J connectivity index is 2.58. The molecule has 1 heterocycles. The summed E-state index contributed by atoms with van der Waals surface area (Å²) < 4.78 is 5.38. The van der Waals surface area contributed by atoms with E-state index in [0.717, 1.165) is 36.8 Å². The van der Waals surface area contributed by atoms with Crippen LogP contribution in [0.15, 0.2) is 9.52 Å². The lowest BCUT2D eigenvalue weighted by atomic mass is 10.0. The fourth-order valence-corrected chi connectivity index (χ4v) is 2.35. The van der Waals surface area contributed by atoms with Gasteiger partial charge in [0.05, 0.1) is 5.69 Å². The maximum atomic E-state index is 5.38. The monoisotopic (exact) mass is 294 g/mol. The van der Waals surface area contributed by atoms with Crippen LogP contribution in [0.1, 0.15) is 57.6 Å². The van der Waals surface area contributed by atoms with Crippen molar-refractivity contribution in [2.24, 2.45) is 10.9 Å². The highest BCUT2D eigenvalue weighted by molar-refractivity contribution is 5.79. The lowest BCUT2D eigenvalue weighted by molar-refractivity contribution is 0.380. The number of hydrogen-bond donors (Lipinski definition) is 2. The van der Waals surface area contributed by atoms with Crippen molar-refractivity contribution in [2.75, 3.05) is 13.6 Å². The zero-order valence-electron chi connectivity index (χ0n) is 14.1. The molecule has 0 atom stereocenters. The van der Waals surface area contributed by atoms with Crippen LogP contribution in [0.2, 0.25) is 0 Å². The van der Waals surface area contributed by atoms with Gasteiger partial charge in [-0.05, 0) is 12.3 Å². The minimum Gasteiger partial charge on any atom is -0.361 e. The summed E-state index contributed by atoms with van der Waals surface area (Å²) in [5.74, 6) is 2.50. The number of aliphatic imine (C=N–C) groups is 1. The summed E-state index contributed by atoms with van der Waals surface area (Å²) in [6.07, 6.45) is 4.13. The summed E-state index contributed by atoms with van der Waals surface area (Å²) in [4.78, 5) is 4.28. The molecule has 0 unspecified atom stereocenters. The van der Waals surface area contributed by atoms with E-state index in [1.54, 1.807) is 7.05 Å². The third-order valence-corrected chi connectivity index (χ3v) is 3.98. The number of nitrogens with zero attached hydrogens (tertiary/aromatic N) is 2. The summed E-state index contributed by atoms with van der Waals surface area (Å²) >= 11 is 0. The van der Waals surface area contributed by atoms with Gasteiger partial charge in [0.1, 0.15) is 5.76 Å². The molecule has 0 spiro atoms. The van der Waals surface area contributed by atoms with E-state index in [1.807, 2.05) is 0 Å². The molecular weight excluding hydrogens is 264 g/mol. The van der Waals surface area contributed by atoms with Crippen molar-refractivity contribution in [3.63, 3.8) is 0 Å². The summed E-state index contributed by atoms with van der Waals surface area (Å²) in [7, 11) is 1.80. The highest BCUT2D eigenvalue weighted by Gasteiger charge is 2.13. The summed E-state index contributed by atoms with van der Waals surface area (Å²) in [6.45, 7) is 10.3. The Morgan fingerprint density at radius 2 is 1.86 bits per heavy atom. The predicted molar refractivity (Wildman–Crippen MR) is 87.5 cm³/mol. The normalized spacial score (nSPS) is 12.0. The molecule has 0 aromatic carbocycles. The molecule has 0 fully saturated rings. The lowest BCUT2D eigenvalue weighted by Gasteiger charge is -2.16. The molecule has 1 aromatic rings. The molecule has 5 nitrogen and oxygen atoms in total. The molecule has 2 N–H and O–H groups in total. The SMILES string of the molecule is CCc1noc(CC)c1CNC(=NC)NCC(CC)CC. The van der Waals surface area contributed by atoms with E-state index >= 15 is 0 Å². The van der Waals surface area contributed by atoms with E-state index in [2.05, 4.69) is 48.5 Å². The molecule has 0 radical (unpaired) electrons. The Hall–Kier alpha value is -1.52. The quantitative estimate of drug-likeness (QED) is 0.571. The van der Waals surface area contributed by atoms with E-state index in [9.17, 15) is 0 Å². The Morgan fingerprint density at radius 1 is 1.14 bits per heavy atom. The molecule has 0 saturated heterocycles. The van der Waals surface area contributed by atoms with Gasteiger partial charge in [-0.3, -0.25) is 4.99 Å². The fourth-order valence-electron chi connectivity index (χ4n) is 2.35. The Labute approximate surface area is 128 Å². The second-order valence-electron chi connectivity index (χ2n) is 5.23. The van der Waals surface area contributed by atoms with Gasteiger partial charge in [0.2, 0.25) is 0 Å². The van der Waals surface area contributed by atoms with Crippen molar-refractivity contribution in [2.45, 2.75) is 59.9 Å². The molecule has 0 aliphatic heterocycles. The predicted octanol–water partition coefficient (Wildman–Crippen LogP) is 2.90. The zero-order valence-corrected chi connectivity index (χ0v) is 14.1. The largest absolute Gasteiger partial charge is 0.361 e. The van der Waals surface area contributed by atoms with Crippen LogP contribution in [-0.2, 0) is 19.4 Å². The van der Waals surface area contributed by atoms with Crippen molar-refractivity contribution in [1.82, 2.24) is 15.8 Å². The first kappa shape index (κ1) is 17.5. The third kappa shape index (κ3) is 5.06. The molecule has 0 aliphatic rings. The van der Waals surface area contributed by atoms with Crippen molar-refractivity contribution >= 4 is 5.96 Å². The Kier molecular flexibility index (Phi) is 7.87. The van der Waals surface area contributed by atoms with Crippen LogP contribution in [0.5, 0.6) is 0 Å². The van der Waals surface area contributed by atoms with E-state index < -0.39 is 0 Å². The molecule has 0 saturated carbocycles. The minimum atomic E-state index is 0.691. The molecule has 0 bridgehead atoms. The summed E-state index contributed by atoms with van der Waals surface area (Å²) in [5.41, 5.74) is 2.21. The van der Waals surface area contributed by atoms with Crippen molar-refractivity contribution < 1.29 is 4.52 Å². The third-order valence-electron chi connectivity index (χ3n) is 3.98. The van der Waals surface area contributed by atoms with Crippen LogP contribution in [0.25, 0.3) is 0 Å². The first-order valence-electron chi connectivity index (χ1n) is 8.10. The maximum absolute atomic E-state index is 5.38. The first-order chi connectivity index (χ1) is 10.2. The Bertz CT molecular complexity index is 414. The number of aryl methyl sites for hydroxylation is 2. The average molecular weight is 294 g/mol. The van der Waals surface area contributed by atoms with E-state index in [4.69, 9.17) is 4.52 Å². The van der Waals surface area contributed by atoms with Crippen LogP contribution in [0.3, 0.4) is 0 Å². The van der Waals surface area contributed by atoms with Crippen molar-refractivity contribution in [1.29, 1.82) is 0 Å². The van der Waals surface area contributed by atoms with Gasteiger partial charge in [-0.25, -0.2) is 0 Å². The maximum Gasteiger partial charge on any atom is 0.191 e. The highest BCUT2D eigenvalue weighted by Crippen LogP contribution is 2.15. The lowest BCUT2D eigenvalue weighted by Crippen LogP contribution is -2.39. The van der Waals surface area contributed by atoms with E-state index in [1.165, 1.54) is 18.4 Å². The van der Waals surface area contributed by atoms with Gasteiger partial charge >= 0.3 is 0 Å². The van der Waals surface area contributed by atoms with Crippen LogP contribution in [-0.4, -0.2) is 24.7 Å². The Morgan fingerprint density at radius 3 is 2.38 bits per heavy atom. The van der Waals surface area contributed by atoms with Crippen LogP contribution in [0, 0.1) is 5.92 Å². The highest BCUT2D eigenvalue weighted by atomic mass is 16.5. The van der Waals surface area contributed by atoms with E-state index in [0.29, 0.717) is 12.5 Å². The number of guanidine groups is 1. The van der Waals surface area contributed by atoms with Crippen LogP contribution >= 0.6 is 0 Å². The molecule has 120 valence electrons. The van der Waals surface area contributed by atoms with Gasteiger partial charge in [-0.1, -0.05) is 45.7 Å². The van der Waals surface area contributed by atoms with Gasteiger partial charge in [-0.15, -0.1) is 0 Å². The number of rotatable bonds is 8. The molecule has 1 rings (SSSR count). The second kappa shape index (κ2) is 9.42. The van der Waals surface area contributed by atoms with Gasteiger partial charge in [0, 0.05) is 32.1 Å². The fraction of sp³-hybridized carbons (Fsp3) is 0.750. The van der Waals surface area contributed by atoms with Gasteiger partial charge < -0.3 is 15.2 Å². The summed E-state index contributed by atoms with van der Waals surface area (Å²) in [6, 6.07) is 0. The zero-order chi connectivity index (χ0) is 15.7. The molecule has 1 aromatic heterocycles. The summed E-state index contributed by atoms with van der Waals surface area (Å²) in [5, 5.41) is 10.9. The number of aromatic nitrogens is 1. The second-order valence-corrected chi connectivity index (χ2v) is 5.23. The number of hydrogen-bond acceptors (Lipinski definition) is 3.